The molecule has 3 nitrogen and oxygen atoms in total. The molecule has 1 aromatic heterocycles. The quantitative estimate of drug-likeness (QED) is 0.724. The summed E-state index contributed by atoms with van der Waals surface area (Å²) in [6.45, 7) is 3.34. The van der Waals surface area contributed by atoms with Crippen LogP contribution >= 0.6 is 0 Å². The summed E-state index contributed by atoms with van der Waals surface area (Å²) in [7, 11) is 0. The van der Waals surface area contributed by atoms with E-state index in [4.69, 9.17) is 0 Å². The number of hydrogen-bond acceptors (Lipinski definition) is 3. The second-order valence-electron chi connectivity index (χ2n) is 4.10. The fourth-order valence-corrected chi connectivity index (χ4v) is 2.22. The molecule has 0 amide bonds. The van der Waals surface area contributed by atoms with Gasteiger partial charge < -0.3 is 10.4 Å². The fourth-order valence-electron chi connectivity index (χ4n) is 2.22. The summed E-state index contributed by atoms with van der Waals surface area (Å²) in [6.07, 6.45) is 4.74. The molecule has 3 heteroatoms. The Bertz CT molecular complexity index is 301. The van der Waals surface area contributed by atoms with E-state index < -0.39 is 0 Å². The Labute approximate surface area is 84.2 Å². The molecule has 0 saturated carbocycles. The van der Waals surface area contributed by atoms with Crippen molar-refractivity contribution in [1.29, 1.82) is 0 Å². The highest BCUT2D eigenvalue weighted by molar-refractivity contribution is 5.25. The van der Waals surface area contributed by atoms with Crippen molar-refractivity contribution in [3.05, 3.63) is 30.1 Å². The van der Waals surface area contributed by atoms with E-state index in [0.717, 1.165) is 13.0 Å². The van der Waals surface area contributed by atoms with Gasteiger partial charge in [-0.3, -0.25) is 4.98 Å². The van der Waals surface area contributed by atoms with Crippen LogP contribution in [0.15, 0.2) is 24.5 Å². The van der Waals surface area contributed by atoms with E-state index in [9.17, 15) is 5.11 Å². The number of hydrogen-bond donors (Lipinski definition) is 2. The van der Waals surface area contributed by atoms with Crippen molar-refractivity contribution < 1.29 is 5.11 Å². The van der Waals surface area contributed by atoms with Gasteiger partial charge in [0.1, 0.15) is 0 Å². The molecule has 1 aliphatic heterocycles. The highest BCUT2D eigenvalue weighted by Crippen LogP contribution is 2.34. The van der Waals surface area contributed by atoms with Gasteiger partial charge in [0.15, 0.2) is 0 Å². The molecule has 76 valence electrons. The molecule has 1 aromatic rings. The highest BCUT2D eigenvalue weighted by Gasteiger charge is 2.39. The van der Waals surface area contributed by atoms with Crippen molar-refractivity contribution >= 4 is 0 Å². The topological polar surface area (TPSA) is 45.2 Å². The lowest BCUT2D eigenvalue weighted by atomic mass is 9.77. The minimum atomic E-state index is 0.0308. The molecule has 2 atom stereocenters. The van der Waals surface area contributed by atoms with Crippen LogP contribution in [0.4, 0.5) is 0 Å². The minimum absolute atomic E-state index is 0.0308. The van der Waals surface area contributed by atoms with Crippen LogP contribution in [0.1, 0.15) is 18.9 Å². The van der Waals surface area contributed by atoms with Crippen LogP contribution in [0, 0.1) is 0 Å². The van der Waals surface area contributed by atoms with Crippen molar-refractivity contribution in [1.82, 2.24) is 10.3 Å². The molecular weight excluding hydrogens is 176 g/mol. The van der Waals surface area contributed by atoms with Gasteiger partial charge in [0, 0.05) is 23.9 Å². The zero-order valence-corrected chi connectivity index (χ0v) is 8.40. The lowest BCUT2D eigenvalue weighted by Gasteiger charge is -2.30. The maximum absolute atomic E-state index is 9.28. The molecule has 0 spiro atoms. The minimum Gasteiger partial charge on any atom is -0.395 e. The van der Waals surface area contributed by atoms with Crippen LogP contribution < -0.4 is 5.32 Å². The van der Waals surface area contributed by atoms with Crippen molar-refractivity contribution in [2.75, 3.05) is 13.2 Å². The van der Waals surface area contributed by atoms with Gasteiger partial charge >= 0.3 is 0 Å². The summed E-state index contributed by atoms with van der Waals surface area (Å²) in [5, 5.41) is 12.6. The van der Waals surface area contributed by atoms with Crippen molar-refractivity contribution in [3.8, 4) is 0 Å². The van der Waals surface area contributed by atoms with Gasteiger partial charge in [-0.05, 0) is 24.6 Å². The number of nitrogens with one attached hydrogen (secondary N) is 1. The standard InChI is InChI=1S/C11H16N2O/c1-11(4-6-13-10(11)8-14)9-3-2-5-12-7-9/h2-3,5,7,10,13-14H,4,6,8H2,1H3. The first-order valence-electron chi connectivity index (χ1n) is 5.02. The van der Waals surface area contributed by atoms with Gasteiger partial charge in [0.05, 0.1) is 6.61 Å². The molecule has 2 heterocycles. The molecule has 1 fully saturated rings. The largest absolute Gasteiger partial charge is 0.395 e. The normalized spacial score (nSPS) is 32.0. The molecule has 0 aliphatic carbocycles. The van der Waals surface area contributed by atoms with E-state index in [1.165, 1.54) is 5.56 Å². The second-order valence-corrected chi connectivity index (χ2v) is 4.10. The third-order valence-electron chi connectivity index (χ3n) is 3.31. The Kier molecular flexibility index (Phi) is 2.52. The molecular formula is C11H16N2O. The maximum Gasteiger partial charge on any atom is 0.0593 e. The Hall–Kier alpha value is -0.930. The number of pyridine rings is 1. The van der Waals surface area contributed by atoms with Crippen LogP contribution in [-0.4, -0.2) is 29.3 Å². The molecule has 2 rings (SSSR count). The van der Waals surface area contributed by atoms with Gasteiger partial charge in [-0.1, -0.05) is 13.0 Å². The highest BCUT2D eigenvalue weighted by atomic mass is 16.3. The SMILES string of the molecule is CC1(c2cccnc2)CCNC1CO. The zero-order valence-electron chi connectivity index (χ0n) is 8.40. The lowest BCUT2D eigenvalue weighted by Crippen LogP contribution is -2.40. The van der Waals surface area contributed by atoms with Crippen LogP contribution in [0.3, 0.4) is 0 Å². The maximum atomic E-state index is 9.28. The monoisotopic (exact) mass is 192 g/mol. The summed E-state index contributed by atoms with van der Waals surface area (Å²) < 4.78 is 0. The molecule has 1 saturated heterocycles. The van der Waals surface area contributed by atoms with Crippen molar-refractivity contribution in [2.24, 2.45) is 0 Å². The van der Waals surface area contributed by atoms with E-state index in [-0.39, 0.29) is 18.1 Å². The summed E-state index contributed by atoms with van der Waals surface area (Å²) >= 11 is 0. The number of aromatic nitrogens is 1. The Morgan fingerprint density at radius 2 is 2.57 bits per heavy atom. The Morgan fingerprint density at radius 3 is 3.21 bits per heavy atom. The van der Waals surface area contributed by atoms with Gasteiger partial charge in [0.2, 0.25) is 0 Å². The predicted octanol–water partition coefficient (Wildman–Crippen LogP) is 0.694. The molecule has 0 aromatic carbocycles. The molecule has 2 unspecified atom stereocenters. The van der Waals surface area contributed by atoms with Crippen LogP contribution in [0.25, 0.3) is 0 Å². The summed E-state index contributed by atoms with van der Waals surface area (Å²) in [5.74, 6) is 0. The van der Waals surface area contributed by atoms with Crippen LogP contribution in [0.5, 0.6) is 0 Å². The third-order valence-corrected chi connectivity index (χ3v) is 3.31. The smallest absolute Gasteiger partial charge is 0.0593 e. The van der Waals surface area contributed by atoms with Gasteiger partial charge in [-0.15, -0.1) is 0 Å². The number of aliphatic hydroxyl groups excluding tert-OH is 1. The first kappa shape index (κ1) is 9.62. The van der Waals surface area contributed by atoms with Gasteiger partial charge in [-0.25, -0.2) is 0 Å². The molecule has 1 aliphatic rings. The molecule has 0 radical (unpaired) electrons. The first-order valence-corrected chi connectivity index (χ1v) is 5.02. The first-order chi connectivity index (χ1) is 6.77. The summed E-state index contributed by atoms with van der Waals surface area (Å²) in [6, 6.07) is 4.20. The lowest BCUT2D eigenvalue weighted by molar-refractivity contribution is 0.215. The molecule has 2 N–H and O–H groups in total. The Balaban J connectivity index is 2.31. The summed E-state index contributed by atoms with van der Waals surface area (Å²) in [4.78, 5) is 4.13. The van der Waals surface area contributed by atoms with E-state index >= 15 is 0 Å². The predicted molar refractivity (Wildman–Crippen MR) is 55.1 cm³/mol. The van der Waals surface area contributed by atoms with Crippen LogP contribution in [0.2, 0.25) is 0 Å². The molecule has 14 heavy (non-hydrogen) atoms. The van der Waals surface area contributed by atoms with E-state index in [1.54, 1.807) is 6.20 Å². The van der Waals surface area contributed by atoms with Crippen molar-refractivity contribution in [2.45, 2.75) is 24.8 Å². The van der Waals surface area contributed by atoms with E-state index in [0.29, 0.717) is 0 Å². The third kappa shape index (κ3) is 1.42. The zero-order chi connectivity index (χ0) is 10.0. The van der Waals surface area contributed by atoms with E-state index in [1.807, 2.05) is 12.3 Å². The van der Waals surface area contributed by atoms with Gasteiger partial charge in [0.25, 0.3) is 0 Å². The van der Waals surface area contributed by atoms with Crippen molar-refractivity contribution in [3.63, 3.8) is 0 Å². The Morgan fingerprint density at radius 1 is 1.71 bits per heavy atom. The molecule has 0 bridgehead atoms. The number of aliphatic hydroxyl groups is 1. The number of rotatable bonds is 2. The van der Waals surface area contributed by atoms with Gasteiger partial charge in [-0.2, -0.15) is 0 Å². The van der Waals surface area contributed by atoms with E-state index in [2.05, 4.69) is 23.3 Å². The second kappa shape index (κ2) is 3.67. The fraction of sp³-hybridized carbons (Fsp3) is 0.545. The average Bonchev–Trinajstić information content (AvgIpc) is 2.62. The number of nitrogens with zero attached hydrogens (tertiary/aromatic N) is 1. The summed E-state index contributed by atoms with van der Waals surface area (Å²) in [5.41, 5.74) is 1.24. The van der Waals surface area contributed by atoms with Crippen LogP contribution in [-0.2, 0) is 5.41 Å². The average molecular weight is 192 g/mol.